The lowest BCUT2D eigenvalue weighted by Crippen LogP contribution is -2.14. The maximum absolute atomic E-state index is 8.74. The molecular weight excluding hydrogens is 250 g/mol. The largest absolute Gasteiger partial charge is 0.396 e. The second-order valence-electron chi connectivity index (χ2n) is 4.27. The summed E-state index contributed by atoms with van der Waals surface area (Å²) in [5.41, 5.74) is 0. The SMILES string of the molecule is [B]C([B])(CCO)CCCCCCCCBr. The van der Waals surface area contributed by atoms with Crippen LogP contribution in [0.1, 0.15) is 51.4 Å². The Bertz CT molecular complexity index is 143. The van der Waals surface area contributed by atoms with Crippen molar-refractivity contribution in [3.05, 3.63) is 0 Å². The van der Waals surface area contributed by atoms with Crippen LogP contribution in [0.4, 0.5) is 0 Å². The summed E-state index contributed by atoms with van der Waals surface area (Å²) in [4.78, 5) is 0. The van der Waals surface area contributed by atoms with Crippen LogP contribution in [0.15, 0.2) is 0 Å². The van der Waals surface area contributed by atoms with Crippen molar-refractivity contribution < 1.29 is 5.11 Å². The Morgan fingerprint density at radius 1 is 0.867 bits per heavy atom. The molecule has 0 fully saturated rings. The number of unbranched alkanes of at least 4 members (excludes halogenated alkanes) is 5. The molecule has 0 aromatic carbocycles. The van der Waals surface area contributed by atoms with Gasteiger partial charge in [-0.2, -0.15) is 0 Å². The van der Waals surface area contributed by atoms with Crippen molar-refractivity contribution in [3.8, 4) is 0 Å². The van der Waals surface area contributed by atoms with Crippen LogP contribution < -0.4 is 0 Å². The van der Waals surface area contributed by atoms with Crippen LogP contribution in [0.25, 0.3) is 0 Å². The lowest BCUT2D eigenvalue weighted by Gasteiger charge is -2.24. The fourth-order valence-corrected chi connectivity index (χ4v) is 1.99. The first-order valence-electron chi connectivity index (χ1n) is 5.87. The number of rotatable bonds is 10. The predicted molar refractivity (Wildman–Crippen MR) is 72.0 cm³/mol. The highest BCUT2D eigenvalue weighted by atomic mass is 79.9. The van der Waals surface area contributed by atoms with Crippen molar-refractivity contribution >= 4 is 31.6 Å². The summed E-state index contributed by atoms with van der Waals surface area (Å²) in [5, 5.41) is 9.18. The topological polar surface area (TPSA) is 20.2 Å². The number of hydrogen-bond donors (Lipinski definition) is 1. The molecule has 1 N–H and O–H groups in total. The zero-order chi connectivity index (χ0) is 11.6. The van der Waals surface area contributed by atoms with Gasteiger partial charge in [0.15, 0.2) is 0 Å². The van der Waals surface area contributed by atoms with Gasteiger partial charge in [0.05, 0.1) is 15.7 Å². The summed E-state index contributed by atoms with van der Waals surface area (Å²) in [6.07, 6.45) is 8.71. The number of hydrogen-bond acceptors (Lipinski definition) is 1. The molecule has 0 aliphatic rings. The fraction of sp³-hybridized carbons (Fsp3) is 1.00. The number of aliphatic hydroxyl groups excluding tert-OH is 1. The molecule has 0 rings (SSSR count). The summed E-state index contributed by atoms with van der Waals surface area (Å²) >= 11 is 3.42. The van der Waals surface area contributed by atoms with E-state index in [1.54, 1.807) is 0 Å². The van der Waals surface area contributed by atoms with Gasteiger partial charge < -0.3 is 5.11 Å². The van der Waals surface area contributed by atoms with Crippen LogP contribution in [-0.4, -0.2) is 32.7 Å². The molecule has 0 atom stereocenters. The molecule has 0 bridgehead atoms. The van der Waals surface area contributed by atoms with E-state index in [9.17, 15) is 0 Å². The Kier molecular flexibility index (Phi) is 10.1. The highest BCUT2D eigenvalue weighted by Gasteiger charge is 2.14. The first kappa shape index (κ1) is 15.6. The summed E-state index contributed by atoms with van der Waals surface area (Å²) in [7, 11) is 11.6. The van der Waals surface area contributed by atoms with Crippen LogP contribution >= 0.6 is 15.9 Å². The molecule has 84 valence electrons. The standard InChI is InChI=1S/C11H21B2BrO/c12-11(13,8-10-15)7-5-3-1-2-4-6-9-14/h15H,1-10H2. The minimum absolute atomic E-state index is 0.0816. The zero-order valence-electron chi connectivity index (χ0n) is 9.55. The second kappa shape index (κ2) is 9.77. The van der Waals surface area contributed by atoms with E-state index in [1.165, 1.54) is 32.1 Å². The van der Waals surface area contributed by atoms with E-state index in [1.807, 2.05) is 0 Å². The van der Waals surface area contributed by atoms with Crippen molar-refractivity contribution in [3.63, 3.8) is 0 Å². The monoisotopic (exact) mass is 270 g/mol. The Morgan fingerprint density at radius 2 is 1.40 bits per heavy atom. The van der Waals surface area contributed by atoms with E-state index in [-0.39, 0.29) is 6.61 Å². The third-order valence-electron chi connectivity index (χ3n) is 2.60. The molecule has 0 saturated carbocycles. The molecule has 0 aromatic rings. The highest BCUT2D eigenvalue weighted by Crippen LogP contribution is 2.28. The molecule has 15 heavy (non-hydrogen) atoms. The van der Waals surface area contributed by atoms with Gasteiger partial charge in [-0.25, -0.2) is 0 Å². The molecule has 0 aromatic heterocycles. The van der Waals surface area contributed by atoms with Gasteiger partial charge in [0.25, 0.3) is 0 Å². The quantitative estimate of drug-likeness (QED) is 0.368. The molecule has 1 nitrogen and oxygen atoms in total. The maximum Gasteiger partial charge on any atom is 0.0621 e. The Hall–Kier alpha value is 0.570. The molecule has 0 aliphatic heterocycles. The average Bonchev–Trinajstić information content (AvgIpc) is 2.16. The summed E-state index contributed by atoms with van der Waals surface area (Å²) in [6, 6.07) is 0. The number of alkyl halides is 1. The zero-order valence-corrected chi connectivity index (χ0v) is 11.1. The highest BCUT2D eigenvalue weighted by molar-refractivity contribution is 9.09. The van der Waals surface area contributed by atoms with Gasteiger partial charge in [0.2, 0.25) is 0 Å². The molecule has 0 spiro atoms. The van der Waals surface area contributed by atoms with Gasteiger partial charge in [-0.05, 0) is 12.8 Å². The number of aliphatic hydroxyl groups is 1. The average molecular weight is 271 g/mol. The van der Waals surface area contributed by atoms with E-state index >= 15 is 0 Å². The van der Waals surface area contributed by atoms with Gasteiger partial charge in [-0.15, -0.1) is 0 Å². The Morgan fingerprint density at radius 3 is 1.93 bits per heavy atom. The molecule has 0 heterocycles. The first-order valence-corrected chi connectivity index (χ1v) is 6.99. The van der Waals surface area contributed by atoms with Crippen molar-refractivity contribution in [1.29, 1.82) is 0 Å². The Balaban J connectivity index is 3.22. The summed E-state index contributed by atoms with van der Waals surface area (Å²) in [5.74, 6) is 0. The number of halogens is 1. The van der Waals surface area contributed by atoms with Gasteiger partial charge in [0.1, 0.15) is 0 Å². The van der Waals surface area contributed by atoms with Crippen LogP contribution in [0.3, 0.4) is 0 Å². The van der Waals surface area contributed by atoms with E-state index in [0.29, 0.717) is 6.42 Å². The lowest BCUT2D eigenvalue weighted by molar-refractivity contribution is 0.276. The molecule has 4 radical (unpaired) electrons. The molecule has 0 aliphatic carbocycles. The van der Waals surface area contributed by atoms with Crippen LogP contribution in [0.2, 0.25) is 5.21 Å². The van der Waals surface area contributed by atoms with Crippen LogP contribution in [0.5, 0.6) is 0 Å². The smallest absolute Gasteiger partial charge is 0.0621 e. The van der Waals surface area contributed by atoms with Crippen molar-refractivity contribution in [1.82, 2.24) is 0 Å². The third-order valence-corrected chi connectivity index (χ3v) is 3.16. The minimum Gasteiger partial charge on any atom is -0.396 e. The van der Waals surface area contributed by atoms with Crippen LogP contribution in [0, 0.1) is 0 Å². The lowest BCUT2D eigenvalue weighted by atomic mass is 9.51. The van der Waals surface area contributed by atoms with Crippen molar-refractivity contribution in [2.24, 2.45) is 0 Å². The third kappa shape index (κ3) is 10.8. The molecular formula is C11H21B2BrO. The molecule has 0 unspecified atom stereocenters. The second-order valence-corrected chi connectivity index (χ2v) is 5.06. The minimum atomic E-state index is -0.662. The maximum atomic E-state index is 8.74. The van der Waals surface area contributed by atoms with E-state index in [4.69, 9.17) is 20.8 Å². The summed E-state index contributed by atoms with van der Waals surface area (Å²) < 4.78 is 0. The summed E-state index contributed by atoms with van der Waals surface area (Å²) in [6.45, 7) is 0.0816. The van der Waals surface area contributed by atoms with Gasteiger partial charge in [-0.3, -0.25) is 0 Å². The molecule has 4 heteroatoms. The first-order chi connectivity index (χ1) is 7.12. The van der Waals surface area contributed by atoms with Crippen molar-refractivity contribution in [2.45, 2.75) is 56.6 Å². The van der Waals surface area contributed by atoms with Gasteiger partial charge in [-0.1, -0.05) is 59.7 Å². The fourth-order valence-electron chi connectivity index (χ4n) is 1.59. The van der Waals surface area contributed by atoms with E-state index < -0.39 is 5.21 Å². The normalized spacial score (nSPS) is 11.9. The van der Waals surface area contributed by atoms with E-state index in [0.717, 1.165) is 18.2 Å². The van der Waals surface area contributed by atoms with E-state index in [2.05, 4.69) is 15.9 Å². The van der Waals surface area contributed by atoms with Crippen LogP contribution in [-0.2, 0) is 0 Å². The Labute approximate surface area is 105 Å². The van der Waals surface area contributed by atoms with Crippen molar-refractivity contribution in [2.75, 3.05) is 11.9 Å². The predicted octanol–water partition coefficient (Wildman–Crippen LogP) is 2.95. The van der Waals surface area contributed by atoms with Gasteiger partial charge in [0, 0.05) is 11.9 Å². The molecule has 0 saturated heterocycles. The van der Waals surface area contributed by atoms with Gasteiger partial charge >= 0.3 is 0 Å². The molecule has 0 amide bonds.